The molecule has 0 radical (unpaired) electrons. The molecule has 2 aromatic carbocycles. The van der Waals surface area contributed by atoms with Gasteiger partial charge >= 0.3 is 6.03 Å². The maximum absolute atomic E-state index is 13.2. The van der Waals surface area contributed by atoms with Crippen LogP contribution < -0.4 is 16.0 Å². The summed E-state index contributed by atoms with van der Waals surface area (Å²) in [7, 11) is 5.73. The van der Waals surface area contributed by atoms with Crippen LogP contribution in [0.25, 0.3) is 0 Å². The molecule has 1 aliphatic rings. The summed E-state index contributed by atoms with van der Waals surface area (Å²) in [5, 5.41) is 16.7. The van der Waals surface area contributed by atoms with Crippen molar-refractivity contribution >= 4 is 29.5 Å². The first-order chi connectivity index (χ1) is 18.2. The van der Waals surface area contributed by atoms with E-state index in [1.165, 1.54) is 18.3 Å². The third kappa shape index (κ3) is 8.28. The van der Waals surface area contributed by atoms with Crippen molar-refractivity contribution in [1.29, 1.82) is 5.41 Å². The molecule has 1 aliphatic carbocycles. The summed E-state index contributed by atoms with van der Waals surface area (Å²) in [5.41, 5.74) is 3.25. The number of rotatable bonds is 11. The van der Waals surface area contributed by atoms with Crippen LogP contribution in [0.2, 0.25) is 0 Å². The number of carbonyl (C=O) groups excluding carboxylic acids is 2. The third-order valence-electron chi connectivity index (χ3n) is 7.51. The second-order valence-electron chi connectivity index (χ2n) is 10.3. The molecule has 0 aliphatic heterocycles. The average molecular weight is 525 g/mol. The Morgan fingerprint density at radius 3 is 2.53 bits per heavy atom. The highest BCUT2D eigenvalue weighted by molar-refractivity contribution is 5.93. The molecule has 0 spiro atoms. The number of benzene rings is 2. The molecule has 1 fully saturated rings. The Morgan fingerprint density at radius 1 is 1.13 bits per heavy atom. The van der Waals surface area contributed by atoms with Crippen molar-refractivity contribution in [3.05, 3.63) is 59.4 Å². The number of amides is 3. The fraction of sp³-hybridized carbons (Fsp3) is 0.483. The Morgan fingerprint density at radius 2 is 1.87 bits per heavy atom. The van der Waals surface area contributed by atoms with E-state index in [0.717, 1.165) is 56.4 Å². The highest BCUT2D eigenvalue weighted by Gasteiger charge is 2.34. The lowest BCUT2D eigenvalue weighted by Gasteiger charge is -2.41. The highest BCUT2D eigenvalue weighted by atomic mass is 19.1. The lowest BCUT2D eigenvalue weighted by molar-refractivity contribution is -0.130. The zero-order valence-electron chi connectivity index (χ0n) is 22.9. The van der Waals surface area contributed by atoms with Crippen molar-refractivity contribution in [2.75, 3.05) is 44.9 Å². The molecule has 0 saturated heterocycles. The fourth-order valence-electron chi connectivity index (χ4n) is 5.26. The van der Waals surface area contributed by atoms with E-state index < -0.39 is 0 Å². The average Bonchev–Trinajstić information content (AvgIpc) is 2.90. The molecule has 38 heavy (non-hydrogen) atoms. The first kappa shape index (κ1) is 29.1. The summed E-state index contributed by atoms with van der Waals surface area (Å²) < 4.78 is 13.2. The van der Waals surface area contributed by atoms with Gasteiger partial charge in [-0.15, -0.1) is 0 Å². The third-order valence-corrected chi connectivity index (χ3v) is 7.51. The Balaban J connectivity index is 1.61. The van der Waals surface area contributed by atoms with E-state index in [-0.39, 0.29) is 35.8 Å². The first-order valence-corrected chi connectivity index (χ1v) is 13.3. The number of hydrogen-bond acceptors (Lipinski definition) is 5. The van der Waals surface area contributed by atoms with Crippen molar-refractivity contribution in [3.8, 4) is 0 Å². The van der Waals surface area contributed by atoms with Gasteiger partial charge in [-0.3, -0.25) is 4.79 Å². The van der Waals surface area contributed by atoms with Crippen LogP contribution in [0, 0.1) is 17.1 Å². The Hall–Kier alpha value is -3.46. The molecule has 0 heterocycles. The molecule has 206 valence electrons. The van der Waals surface area contributed by atoms with E-state index >= 15 is 0 Å². The van der Waals surface area contributed by atoms with Gasteiger partial charge in [-0.05, 0) is 87.5 Å². The van der Waals surface area contributed by atoms with Crippen LogP contribution in [0.1, 0.15) is 43.7 Å². The van der Waals surface area contributed by atoms with Crippen LogP contribution in [-0.4, -0.2) is 74.3 Å². The van der Waals surface area contributed by atoms with Crippen molar-refractivity contribution in [1.82, 2.24) is 15.1 Å². The molecular formula is C29H41FN6O2. The Bertz CT molecular complexity index is 1090. The molecule has 0 bridgehead atoms. The van der Waals surface area contributed by atoms with Gasteiger partial charge in [0, 0.05) is 62.8 Å². The number of urea groups is 1. The van der Waals surface area contributed by atoms with E-state index in [0.29, 0.717) is 11.3 Å². The van der Waals surface area contributed by atoms with E-state index in [9.17, 15) is 14.0 Å². The van der Waals surface area contributed by atoms with Crippen molar-refractivity contribution < 1.29 is 14.0 Å². The number of hydrogen-bond donors (Lipinski definition) is 4. The minimum atomic E-state index is -0.273. The zero-order chi connectivity index (χ0) is 27.7. The van der Waals surface area contributed by atoms with Gasteiger partial charge in [0.05, 0.1) is 0 Å². The maximum Gasteiger partial charge on any atom is 0.319 e. The number of carbonyl (C=O) groups is 2. The number of aryl methyl sites for hydroxylation is 1. The molecule has 1 unspecified atom stereocenters. The molecular weight excluding hydrogens is 483 g/mol. The second kappa shape index (κ2) is 13.9. The Kier molecular flexibility index (Phi) is 10.6. The van der Waals surface area contributed by atoms with Gasteiger partial charge in [0.1, 0.15) is 5.82 Å². The first-order valence-electron chi connectivity index (χ1n) is 13.3. The molecule has 3 amide bonds. The summed E-state index contributed by atoms with van der Waals surface area (Å²) in [5.74, 6) is 0.0134. The number of anilines is 2. The highest BCUT2D eigenvalue weighted by Crippen LogP contribution is 2.29. The van der Waals surface area contributed by atoms with Gasteiger partial charge in [-0.1, -0.05) is 12.1 Å². The van der Waals surface area contributed by atoms with Crippen LogP contribution in [-0.2, 0) is 11.2 Å². The van der Waals surface area contributed by atoms with Gasteiger partial charge in [0.2, 0.25) is 5.91 Å². The molecule has 9 heteroatoms. The van der Waals surface area contributed by atoms with Gasteiger partial charge in [-0.2, -0.15) is 0 Å². The van der Waals surface area contributed by atoms with E-state index in [1.54, 1.807) is 20.0 Å². The normalized spacial score (nSPS) is 19.1. The number of nitrogens with zero attached hydrogens (tertiary/aromatic N) is 2. The van der Waals surface area contributed by atoms with E-state index in [4.69, 9.17) is 5.41 Å². The van der Waals surface area contributed by atoms with Gasteiger partial charge in [0.15, 0.2) is 0 Å². The minimum Gasteiger partial charge on any atom is -0.388 e. The summed E-state index contributed by atoms with van der Waals surface area (Å²) in [4.78, 5) is 29.1. The summed E-state index contributed by atoms with van der Waals surface area (Å²) in [6, 6.07) is 11.9. The van der Waals surface area contributed by atoms with E-state index in [1.807, 2.05) is 36.2 Å². The Labute approximate surface area is 225 Å². The van der Waals surface area contributed by atoms with E-state index in [2.05, 4.69) is 27.9 Å². The van der Waals surface area contributed by atoms with Crippen molar-refractivity contribution in [3.63, 3.8) is 0 Å². The molecule has 8 nitrogen and oxygen atoms in total. The smallest absolute Gasteiger partial charge is 0.319 e. The monoisotopic (exact) mass is 524 g/mol. The van der Waals surface area contributed by atoms with Crippen LogP contribution in [0.5, 0.6) is 0 Å². The molecule has 2 aromatic rings. The lowest BCUT2D eigenvalue weighted by Crippen LogP contribution is -2.52. The predicted molar refractivity (Wildman–Crippen MR) is 152 cm³/mol. The number of nitrogens with one attached hydrogen (secondary N) is 4. The standard InChI is InChI=1S/C29H41FN6O2/c1-20(37)36(4)26-12-14-28(34-29(38)33-25-11-13-27(32-2)22(16-25)18-31)23(17-26)19-35(3)15-5-6-21-7-9-24(30)10-8-21/h7-11,13,16,18,23,26,28,31-32H,5-6,12,14-15,17,19H2,1-4H3,(H2,33,34,38)/t23-,26?,28+/m0/s1. The maximum atomic E-state index is 13.2. The second-order valence-corrected chi connectivity index (χ2v) is 10.3. The van der Waals surface area contributed by atoms with Crippen LogP contribution >= 0.6 is 0 Å². The molecule has 4 N–H and O–H groups in total. The summed E-state index contributed by atoms with van der Waals surface area (Å²) in [6.45, 7) is 3.27. The quantitative estimate of drug-likeness (QED) is 0.324. The van der Waals surface area contributed by atoms with Gasteiger partial charge < -0.3 is 31.2 Å². The van der Waals surface area contributed by atoms with Crippen LogP contribution in [0.15, 0.2) is 42.5 Å². The van der Waals surface area contributed by atoms with Crippen LogP contribution in [0.3, 0.4) is 0 Å². The fourth-order valence-corrected chi connectivity index (χ4v) is 5.26. The summed E-state index contributed by atoms with van der Waals surface area (Å²) in [6.07, 6.45) is 5.51. The largest absolute Gasteiger partial charge is 0.388 e. The minimum absolute atomic E-state index is 0.0232. The number of halogens is 1. The molecule has 0 aromatic heterocycles. The molecule has 3 atom stereocenters. The molecule has 1 saturated carbocycles. The SMILES string of the molecule is CNc1ccc(NC(=O)N[C@@H]2CCC(N(C)C(C)=O)C[C@H]2CN(C)CCCc2ccc(F)cc2)cc1C=N. The summed E-state index contributed by atoms with van der Waals surface area (Å²) >= 11 is 0. The molecule has 3 rings (SSSR count). The van der Waals surface area contributed by atoms with Crippen molar-refractivity contribution in [2.24, 2.45) is 5.92 Å². The van der Waals surface area contributed by atoms with Gasteiger partial charge in [0.25, 0.3) is 0 Å². The zero-order valence-corrected chi connectivity index (χ0v) is 22.9. The van der Waals surface area contributed by atoms with Crippen LogP contribution in [0.4, 0.5) is 20.6 Å². The lowest BCUT2D eigenvalue weighted by atomic mass is 9.80. The topological polar surface area (TPSA) is 101 Å². The van der Waals surface area contributed by atoms with Crippen molar-refractivity contribution in [2.45, 2.75) is 51.1 Å². The predicted octanol–water partition coefficient (Wildman–Crippen LogP) is 4.57. The van der Waals surface area contributed by atoms with Gasteiger partial charge in [-0.25, -0.2) is 9.18 Å².